The predicted octanol–water partition coefficient (Wildman–Crippen LogP) is 3.16. The normalized spacial score (nSPS) is 18.7. The Morgan fingerprint density at radius 2 is 1.92 bits per heavy atom. The van der Waals surface area contributed by atoms with Gasteiger partial charge in [-0.05, 0) is 37.7 Å². The third kappa shape index (κ3) is 2.95. The molecule has 1 amide bonds. The summed E-state index contributed by atoms with van der Waals surface area (Å²) in [5.74, 6) is -0.695. The average molecular weight is 357 g/mol. The molecular formula is C19H23N3O4. The fourth-order valence-corrected chi connectivity index (χ4v) is 3.64. The lowest BCUT2D eigenvalue weighted by Crippen LogP contribution is -2.40. The van der Waals surface area contributed by atoms with Crippen molar-refractivity contribution in [1.29, 1.82) is 0 Å². The number of carbonyl (C=O) groups excluding carboxylic acids is 1. The number of aliphatic carboxylic acids is 1. The van der Waals surface area contributed by atoms with E-state index in [-0.39, 0.29) is 17.7 Å². The van der Waals surface area contributed by atoms with Crippen molar-refractivity contribution in [3.63, 3.8) is 0 Å². The summed E-state index contributed by atoms with van der Waals surface area (Å²) in [7, 11) is 0. The van der Waals surface area contributed by atoms with Crippen molar-refractivity contribution in [3.05, 3.63) is 23.0 Å². The Hall–Kier alpha value is -2.44. The second-order valence-electron chi connectivity index (χ2n) is 7.68. The zero-order valence-electron chi connectivity index (χ0n) is 15.1. The number of carbonyl (C=O) groups is 2. The van der Waals surface area contributed by atoms with E-state index in [1.807, 2.05) is 19.9 Å². The predicted molar refractivity (Wildman–Crippen MR) is 94.1 cm³/mol. The van der Waals surface area contributed by atoms with Crippen LogP contribution in [0.1, 0.15) is 73.1 Å². The van der Waals surface area contributed by atoms with Crippen molar-refractivity contribution in [2.45, 2.75) is 51.4 Å². The Kier molecular flexibility index (Phi) is 4.17. The highest BCUT2D eigenvalue weighted by molar-refractivity contribution is 6.06. The molecule has 2 aromatic heterocycles. The van der Waals surface area contributed by atoms with E-state index in [1.165, 1.54) is 0 Å². The maximum absolute atomic E-state index is 13.2. The van der Waals surface area contributed by atoms with E-state index in [2.05, 4.69) is 10.1 Å². The minimum Gasteiger partial charge on any atom is -0.481 e. The fraction of sp³-hybridized carbons (Fsp3) is 0.579. The molecule has 26 heavy (non-hydrogen) atoms. The van der Waals surface area contributed by atoms with Gasteiger partial charge in [-0.3, -0.25) is 9.59 Å². The van der Waals surface area contributed by atoms with Crippen LogP contribution in [0.15, 0.2) is 10.6 Å². The third-order valence-corrected chi connectivity index (χ3v) is 5.40. The first-order valence-electron chi connectivity index (χ1n) is 9.28. The smallest absolute Gasteiger partial charge is 0.306 e. The maximum Gasteiger partial charge on any atom is 0.306 e. The van der Waals surface area contributed by atoms with E-state index >= 15 is 0 Å². The summed E-state index contributed by atoms with van der Waals surface area (Å²) in [5.41, 5.74) is 2.67. The van der Waals surface area contributed by atoms with Gasteiger partial charge < -0.3 is 14.5 Å². The van der Waals surface area contributed by atoms with Crippen LogP contribution in [0.5, 0.6) is 0 Å². The van der Waals surface area contributed by atoms with Gasteiger partial charge in [0.25, 0.3) is 11.6 Å². The number of carboxylic acids is 1. The summed E-state index contributed by atoms with van der Waals surface area (Å²) in [6, 6.07) is 1.90. The summed E-state index contributed by atoms with van der Waals surface area (Å²) >= 11 is 0. The number of aromatic nitrogens is 2. The highest BCUT2D eigenvalue weighted by Gasteiger charge is 2.32. The van der Waals surface area contributed by atoms with E-state index < -0.39 is 5.97 Å². The van der Waals surface area contributed by atoms with Gasteiger partial charge in [-0.15, -0.1) is 0 Å². The molecule has 1 aliphatic heterocycles. The molecule has 1 saturated carbocycles. The lowest BCUT2D eigenvalue weighted by Gasteiger charge is -2.30. The highest BCUT2D eigenvalue weighted by Crippen LogP contribution is 2.41. The second-order valence-corrected chi connectivity index (χ2v) is 7.68. The summed E-state index contributed by atoms with van der Waals surface area (Å²) in [6.07, 6.45) is 3.15. The van der Waals surface area contributed by atoms with Crippen molar-refractivity contribution >= 4 is 23.0 Å². The number of hydrogen-bond donors (Lipinski definition) is 1. The average Bonchev–Trinajstić information content (AvgIpc) is 3.39. The number of rotatable bonds is 4. The lowest BCUT2D eigenvalue weighted by atomic mass is 9.95. The summed E-state index contributed by atoms with van der Waals surface area (Å²) < 4.78 is 5.45. The summed E-state index contributed by atoms with van der Waals surface area (Å²) in [6.45, 7) is 4.94. The van der Waals surface area contributed by atoms with Crippen molar-refractivity contribution in [3.8, 4) is 0 Å². The molecule has 2 fully saturated rings. The van der Waals surface area contributed by atoms with Gasteiger partial charge in [0, 0.05) is 24.7 Å². The molecule has 2 aliphatic rings. The minimum atomic E-state index is -0.777. The SMILES string of the molecule is CC(C)c1noc2nc(C3CC3)cc(C(=O)N3CCC(C(=O)O)CC3)c12. The van der Waals surface area contributed by atoms with Gasteiger partial charge in [0.05, 0.1) is 22.6 Å². The molecule has 138 valence electrons. The standard InChI is InChI=1S/C19H23N3O4/c1-10(2)16-15-13(9-14(11-3-4-11)20-17(15)26-21-16)18(23)22-7-5-12(6-8-22)19(24)25/h9-12H,3-8H2,1-2H3,(H,24,25). The first-order chi connectivity index (χ1) is 12.5. The van der Waals surface area contributed by atoms with Gasteiger partial charge in [-0.1, -0.05) is 19.0 Å². The van der Waals surface area contributed by atoms with Crippen LogP contribution in [0.4, 0.5) is 0 Å². The van der Waals surface area contributed by atoms with Gasteiger partial charge in [0.2, 0.25) is 0 Å². The summed E-state index contributed by atoms with van der Waals surface area (Å²) in [5, 5.41) is 14.0. The molecule has 1 aliphatic carbocycles. The number of amides is 1. The van der Waals surface area contributed by atoms with Crippen molar-refractivity contribution < 1.29 is 19.2 Å². The second kappa shape index (κ2) is 6.37. The first-order valence-corrected chi connectivity index (χ1v) is 9.28. The largest absolute Gasteiger partial charge is 0.481 e. The third-order valence-electron chi connectivity index (χ3n) is 5.40. The molecule has 2 aromatic rings. The quantitative estimate of drug-likeness (QED) is 0.903. The molecule has 4 rings (SSSR count). The van der Waals surface area contributed by atoms with E-state index in [9.17, 15) is 9.59 Å². The van der Waals surface area contributed by atoms with Gasteiger partial charge in [-0.2, -0.15) is 0 Å². The van der Waals surface area contributed by atoms with Gasteiger partial charge >= 0.3 is 5.97 Å². The number of hydrogen-bond acceptors (Lipinski definition) is 5. The van der Waals surface area contributed by atoms with Crippen LogP contribution >= 0.6 is 0 Å². The number of likely N-dealkylation sites (tertiary alicyclic amines) is 1. The van der Waals surface area contributed by atoms with Gasteiger partial charge in [0.15, 0.2) is 0 Å². The van der Waals surface area contributed by atoms with E-state index in [4.69, 9.17) is 9.63 Å². The van der Waals surface area contributed by atoms with Crippen LogP contribution in [-0.2, 0) is 4.79 Å². The molecule has 1 saturated heterocycles. The fourth-order valence-electron chi connectivity index (χ4n) is 3.64. The molecule has 0 bridgehead atoms. The zero-order chi connectivity index (χ0) is 18.4. The summed E-state index contributed by atoms with van der Waals surface area (Å²) in [4.78, 5) is 30.7. The Morgan fingerprint density at radius 1 is 1.23 bits per heavy atom. The van der Waals surface area contributed by atoms with E-state index in [1.54, 1.807) is 4.90 Å². The molecular weight excluding hydrogens is 334 g/mol. The number of piperidine rings is 1. The zero-order valence-corrected chi connectivity index (χ0v) is 15.1. The highest BCUT2D eigenvalue weighted by atomic mass is 16.5. The molecule has 0 spiro atoms. The Morgan fingerprint density at radius 3 is 2.50 bits per heavy atom. The number of pyridine rings is 1. The topological polar surface area (TPSA) is 96.5 Å². The van der Waals surface area contributed by atoms with Crippen LogP contribution in [0, 0.1) is 5.92 Å². The molecule has 0 atom stereocenters. The number of fused-ring (bicyclic) bond motifs is 1. The van der Waals surface area contributed by atoms with Crippen molar-refractivity contribution in [2.75, 3.05) is 13.1 Å². The van der Waals surface area contributed by atoms with Crippen molar-refractivity contribution in [1.82, 2.24) is 15.0 Å². The molecule has 0 aromatic carbocycles. The van der Waals surface area contributed by atoms with Crippen LogP contribution in [0.25, 0.3) is 11.1 Å². The molecule has 3 heterocycles. The van der Waals surface area contributed by atoms with E-state index in [0.717, 1.165) is 24.2 Å². The molecule has 7 nitrogen and oxygen atoms in total. The van der Waals surface area contributed by atoms with E-state index in [0.29, 0.717) is 48.5 Å². The van der Waals surface area contributed by atoms with Gasteiger partial charge in [0.1, 0.15) is 0 Å². The minimum absolute atomic E-state index is 0.0757. The monoisotopic (exact) mass is 357 g/mol. The lowest BCUT2D eigenvalue weighted by molar-refractivity contribution is -0.143. The molecule has 0 radical (unpaired) electrons. The number of carboxylic acid groups (broad SMARTS) is 1. The number of nitrogens with zero attached hydrogens (tertiary/aromatic N) is 3. The van der Waals surface area contributed by atoms with Crippen LogP contribution in [0.3, 0.4) is 0 Å². The van der Waals surface area contributed by atoms with Crippen LogP contribution in [-0.4, -0.2) is 45.1 Å². The maximum atomic E-state index is 13.2. The Labute approximate surface area is 151 Å². The van der Waals surface area contributed by atoms with Crippen LogP contribution in [0.2, 0.25) is 0 Å². The molecule has 0 unspecified atom stereocenters. The Bertz CT molecular complexity index is 861. The van der Waals surface area contributed by atoms with Gasteiger partial charge in [-0.25, -0.2) is 4.98 Å². The Balaban J connectivity index is 1.71. The molecule has 1 N–H and O–H groups in total. The van der Waals surface area contributed by atoms with Crippen molar-refractivity contribution in [2.24, 2.45) is 5.92 Å². The molecule has 7 heteroatoms. The van der Waals surface area contributed by atoms with Crippen LogP contribution < -0.4 is 0 Å². The first kappa shape index (κ1) is 17.0.